The lowest BCUT2D eigenvalue weighted by Gasteiger charge is -2.05. The summed E-state index contributed by atoms with van der Waals surface area (Å²) in [6.45, 7) is 6.40. The Bertz CT molecular complexity index is 117. The molecule has 0 saturated carbocycles. The maximum absolute atomic E-state index is 10.9. The molecule has 0 atom stereocenters. The number of hydrogen-bond acceptors (Lipinski definition) is 2. The van der Waals surface area contributed by atoms with Crippen molar-refractivity contribution < 1.29 is 9.53 Å². The molecule has 0 aromatic rings. The second-order valence-corrected chi connectivity index (χ2v) is 3.35. The van der Waals surface area contributed by atoms with Crippen LogP contribution in [0.4, 0.5) is 0 Å². The minimum absolute atomic E-state index is 0.0733. The van der Waals surface area contributed by atoms with Crippen molar-refractivity contribution in [2.24, 2.45) is 5.92 Å². The van der Waals surface area contributed by atoms with E-state index in [0.717, 1.165) is 0 Å². The quantitative estimate of drug-likeness (QED) is 0.482. The van der Waals surface area contributed by atoms with Gasteiger partial charge in [-0.25, -0.2) is 0 Å². The Morgan fingerprint density at radius 3 is 2.73 bits per heavy atom. The van der Waals surface area contributed by atoms with Gasteiger partial charge in [0.1, 0.15) is 0 Å². The molecule has 2 radical (unpaired) electrons. The average molecular weight is 173 g/mol. The molecule has 0 bridgehead atoms. The molecule has 11 heavy (non-hydrogen) atoms. The van der Waals surface area contributed by atoms with Crippen LogP contribution in [0.2, 0.25) is 0 Å². The number of rotatable bonds is 5. The van der Waals surface area contributed by atoms with Crippen molar-refractivity contribution in [3.05, 3.63) is 0 Å². The Balaban J connectivity index is 3.18. The van der Waals surface area contributed by atoms with Gasteiger partial charge < -0.3 is 9.72 Å². The Kier molecular flexibility index (Phi) is 6.16. The van der Waals surface area contributed by atoms with E-state index in [1.54, 1.807) is 0 Å². The third kappa shape index (κ3) is 6.06. The molecule has 0 aliphatic rings. The van der Waals surface area contributed by atoms with E-state index in [2.05, 4.69) is 4.98 Å². The fourth-order valence-corrected chi connectivity index (χ4v) is 1.26. The first-order valence-electron chi connectivity index (χ1n) is 3.79. The second-order valence-electron chi connectivity index (χ2n) is 2.46. The first kappa shape index (κ1) is 10.6. The van der Waals surface area contributed by atoms with Gasteiger partial charge in [0.15, 0.2) is 0 Å². The van der Waals surface area contributed by atoms with Crippen LogP contribution in [0.25, 0.3) is 0 Å². The molecule has 3 nitrogen and oxygen atoms in total. The van der Waals surface area contributed by atoms with Crippen molar-refractivity contribution in [3.8, 4) is 0 Å². The summed E-state index contributed by atoms with van der Waals surface area (Å²) in [5.74, 6) is 0.173. The lowest BCUT2D eigenvalue weighted by atomic mass is 10.2. The van der Waals surface area contributed by atoms with Crippen LogP contribution < -0.4 is 4.98 Å². The van der Waals surface area contributed by atoms with Crippen LogP contribution >= 0.6 is 0 Å². The average Bonchev–Trinajstić information content (AvgIpc) is 1.97. The number of amides is 1. The van der Waals surface area contributed by atoms with Gasteiger partial charge in [-0.2, -0.15) is 0 Å². The minimum Gasteiger partial charge on any atom is -0.383 e. The fourth-order valence-electron chi connectivity index (χ4n) is 0.421. The van der Waals surface area contributed by atoms with Crippen molar-refractivity contribution in [2.45, 2.75) is 20.8 Å². The number of ether oxygens (including phenoxy) is 1. The van der Waals surface area contributed by atoms with Gasteiger partial charge in [-0.3, -0.25) is 4.79 Å². The molecule has 0 rings (SSSR count). The van der Waals surface area contributed by atoms with Crippen LogP contribution in [-0.4, -0.2) is 28.4 Å². The van der Waals surface area contributed by atoms with E-state index < -0.39 is 0 Å². The van der Waals surface area contributed by atoms with Crippen LogP contribution in [0.5, 0.6) is 0 Å². The van der Waals surface area contributed by atoms with Gasteiger partial charge in [0, 0.05) is 12.5 Å². The number of carbonyl (C=O) groups is 1. The molecule has 0 spiro atoms. The molecule has 1 N–H and O–H groups in total. The summed E-state index contributed by atoms with van der Waals surface area (Å²) in [5.41, 5.74) is 0. The minimum atomic E-state index is 0.0733. The van der Waals surface area contributed by atoms with Gasteiger partial charge in [0.05, 0.1) is 6.23 Å². The van der Waals surface area contributed by atoms with Crippen molar-refractivity contribution in [2.75, 3.05) is 12.8 Å². The molecule has 0 unspecified atom stereocenters. The van der Waals surface area contributed by atoms with Crippen LogP contribution in [0.1, 0.15) is 20.8 Å². The Morgan fingerprint density at radius 1 is 1.64 bits per heavy atom. The maximum Gasteiger partial charge on any atom is 0.214 e. The smallest absolute Gasteiger partial charge is 0.214 e. The molecule has 1 amide bonds. The molecule has 0 heterocycles. The number of nitrogens with one attached hydrogen (secondary N) is 1. The molecular weight excluding hydrogens is 158 g/mol. The zero-order chi connectivity index (χ0) is 8.69. The zero-order valence-electron chi connectivity index (χ0n) is 7.31. The van der Waals surface area contributed by atoms with E-state index in [1.807, 2.05) is 20.8 Å². The standard InChI is InChI=1S/C7H15NO2Si/c1-4-10-5-11-8-7(9)6(2)3/h6H,4-5H2,1-3H3,(H,8,9). The summed E-state index contributed by atoms with van der Waals surface area (Å²) >= 11 is 0. The van der Waals surface area contributed by atoms with Crippen molar-refractivity contribution in [1.29, 1.82) is 0 Å². The number of carbonyl (C=O) groups excluding carboxylic acids is 1. The predicted octanol–water partition coefficient (Wildman–Crippen LogP) is 0.372. The summed E-state index contributed by atoms with van der Waals surface area (Å²) in [6.07, 6.45) is 0.634. The largest absolute Gasteiger partial charge is 0.383 e. The molecular formula is C7H15NO2Si. The highest BCUT2D eigenvalue weighted by atomic mass is 28.2. The third-order valence-electron chi connectivity index (χ3n) is 1.11. The van der Waals surface area contributed by atoms with Gasteiger partial charge in [-0.1, -0.05) is 13.8 Å². The van der Waals surface area contributed by atoms with Gasteiger partial charge in [-0.15, -0.1) is 0 Å². The summed E-state index contributed by atoms with van der Waals surface area (Å²) in [4.78, 5) is 13.7. The summed E-state index contributed by atoms with van der Waals surface area (Å²) in [6, 6.07) is 0. The van der Waals surface area contributed by atoms with Crippen LogP contribution in [-0.2, 0) is 9.53 Å². The molecule has 0 aliphatic heterocycles. The van der Waals surface area contributed by atoms with E-state index in [1.165, 1.54) is 0 Å². The summed E-state index contributed by atoms with van der Waals surface area (Å²) in [7, 11) is 0.390. The first-order valence-corrected chi connectivity index (χ1v) is 4.99. The Hall–Kier alpha value is -0.353. The van der Waals surface area contributed by atoms with E-state index in [-0.39, 0.29) is 11.8 Å². The van der Waals surface area contributed by atoms with Gasteiger partial charge >= 0.3 is 0 Å². The van der Waals surface area contributed by atoms with Gasteiger partial charge in [0.2, 0.25) is 15.6 Å². The van der Waals surface area contributed by atoms with Crippen LogP contribution in [0.3, 0.4) is 0 Å². The van der Waals surface area contributed by atoms with Crippen LogP contribution in [0.15, 0.2) is 0 Å². The third-order valence-corrected chi connectivity index (χ3v) is 1.89. The first-order chi connectivity index (χ1) is 5.18. The highest BCUT2D eigenvalue weighted by molar-refractivity contribution is 6.36. The molecule has 0 saturated heterocycles. The van der Waals surface area contributed by atoms with Crippen molar-refractivity contribution in [3.63, 3.8) is 0 Å². The van der Waals surface area contributed by atoms with Crippen molar-refractivity contribution in [1.82, 2.24) is 4.98 Å². The van der Waals surface area contributed by atoms with E-state index >= 15 is 0 Å². The van der Waals surface area contributed by atoms with Gasteiger partial charge in [0.25, 0.3) is 0 Å². The predicted molar refractivity (Wildman–Crippen MR) is 45.2 cm³/mol. The molecule has 64 valence electrons. The van der Waals surface area contributed by atoms with Gasteiger partial charge in [-0.05, 0) is 6.92 Å². The summed E-state index contributed by atoms with van der Waals surface area (Å²) < 4.78 is 5.06. The summed E-state index contributed by atoms with van der Waals surface area (Å²) in [5, 5.41) is 0. The lowest BCUT2D eigenvalue weighted by Crippen LogP contribution is -2.33. The maximum atomic E-state index is 10.9. The van der Waals surface area contributed by atoms with E-state index in [0.29, 0.717) is 22.5 Å². The highest BCUT2D eigenvalue weighted by Gasteiger charge is 2.04. The zero-order valence-corrected chi connectivity index (χ0v) is 8.31. The second kappa shape index (κ2) is 6.36. The molecule has 0 aromatic heterocycles. The highest BCUT2D eigenvalue weighted by Crippen LogP contribution is 1.88. The Morgan fingerprint density at radius 2 is 2.27 bits per heavy atom. The SMILES string of the molecule is CCOC[Si]NC(=O)C(C)C. The number of hydrogen-bond donors (Lipinski definition) is 1. The molecule has 4 heteroatoms. The fraction of sp³-hybridized carbons (Fsp3) is 0.857. The van der Waals surface area contributed by atoms with Crippen LogP contribution in [0, 0.1) is 5.92 Å². The topological polar surface area (TPSA) is 38.3 Å². The molecule has 0 aliphatic carbocycles. The van der Waals surface area contributed by atoms with E-state index in [9.17, 15) is 4.79 Å². The lowest BCUT2D eigenvalue weighted by molar-refractivity contribution is -0.122. The van der Waals surface area contributed by atoms with Crippen molar-refractivity contribution >= 4 is 15.6 Å². The Labute approximate surface area is 70.4 Å². The van der Waals surface area contributed by atoms with E-state index in [4.69, 9.17) is 4.74 Å². The molecule has 0 aromatic carbocycles. The monoisotopic (exact) mass is 173 g/mol. The normalized spacial score (nSPS) is 10.2. The molecule has 0 fully saturated rings.